The summed E-state index contributed by atoms with van der Waals surface area (Å²) in [5.41, 5.74) is 1.89. The quantitative estimate of drug-likeness (QED) is 0.846. The van der Waals surface area contributed by atoms with Crippen molar-refractivity contribution in [1.29, 1.82) is 0 Å². The van der Waals surface area contributed by atoms with Crippen LogP contribution in [0.15, 0.2) is 24.3 Å². The van der Waals surface area contributed by atoms with Gasteiger partial charge in [0.05, 0.1) is 6.61 Å². The van der Waals surface area contributed by atoms with Gasteiger partial charge < -0.3 is 15.4 Å². The molecule has 1 aromatic carbocycles. The molecule has 1 heterocycles. The van der Waals surface area contributed by atoms with Crippen LogP contribution in [0.25, 0.3) is 0 Å². The first-order chi connectivity index (χ1) is 9.20. The Morgan fingerprint density at radius 1 is 1.42 bits per heavy atom. The van der Waals surface area contributed by atoms with E-state index in [1.807, 2.05) is 24.3 Å². The fourth-order valence-corrected chi connectivity index (χ4v) is 2.31. The highest BCUT2D eigenvalue weighted by Gasteiger charge is 2.21. The van der Waals surface area contributed by atoms with Gasteiger partial charge in [0.25, 0.3) is 5.91 Å². The summed E-state index contributed by atoms with van der Waals surface area (Å²) in [6.07, 6.45) is 1.14. The third kappa shape index (κ3) is 3.78. The van der Waals surface area contributed by atoms with E-state index in [-0.39, 0.29) is 5.91 Å². The van der Waals surface area contributed by atoms with Gasteiger partial charge >= 0.3 is 0 Å². The summed E-state index contributed by atoms with van der Waals surface area (Å²) in [6.45, 7) is 4.78. The van der Waals surface area contributed by atoms with Crippen molar-refractivity contribution in [2.75, 3.05) is 20.3 Å². The van der Waals surface area contributed by atoms with Gasteiger partial charge in [-0.2, -0.15) is 0 Å². The molecule has 4 nitrogen and oxygen atoms in total. The Morgan fingerprint density at radius 2 is 2.16 bits per heavy atom. The summed E-state index contributed by atoms with van der Waals surface area (Å²) in [5.74, 6) is 0.570. The van der Waals surface area contributed by atoms with Crippen LogP contribution >= 0.6 is 0 Å². The molecule has 104 valence electrons. The molecular weight excluding hydrogens is 240 g/mol. The number of carbonyl (C=O) groups is 1. The number of rotatable bonds is 5. The Labute approximate surface area is 114 Å². The lowest BCUT2D eigenvalue weighted by atomic mass is 10.0. The minimum Gasteiger partial charge on any atom is -0.381 e. The van der Waals surface area contributed by atoms with Crippen LogP contribution in [0.1, 0.15) is 29.3 Å². The van der Waals surface area contributed by atoms with Crippen molar-refractivity contribution in [3.8, 4) is 0 Å². The van der Waals surface area contributed by atoms with Crippen molar-refractivity contribution in [3.05, 3.63) is 35.4 Å². The molecule has 0 saturated carbocycles. The number of benzene rings is 1. The van der Waals surface area contributed by atoms with Crippen molar-refractivity contribution in [1.82, 2.24) is 10.6 Å². The van der Waals surface area contributed by atoms with E-state index in [2.05, 4.69) is 17.6 Å². The molecule has 0 aromatic heterocycles. The zero-order valence-corrected chi connectivity index (χ0v) is 11.6. The van der Waals surface area contributed by atoms with Crippen LogP contribution in [0.3, 0.4) is 0 Å². The first kappa shape index (κ1) is 14.0. The molecule has 1 aliphatic heterocycles. The molecule has 2 rings (SSSR count). The van der Waals surface area contributed by atoms with E-state index in [4.69, 9.17) is 4.74 Å². The van der Waals surface area contributed by atoms with Gasteiger partial charge in [0.15, 0.2) is 0 Å². The fraction of sp³-hybridized carbons (Fsp3) is 0.533. The molecule has 1 aliphatic rings. The highest BCUT2D eigenvalue weighted by molar-refractivity contribution is 5.93. The lowest BCUT2D eigenvalue weighted by Gasteiger charge is -2.19. The van der Waals surface area contributed by atoms with E-state index in [1.54, 1.807) is 7.05 Å². The zero-order valence-electron chi connectivity index (χ0n) is 11.6. The molecule has 1 fully saturated rings. The van der Waals surface area contributed by atoms with Gasteiger partial charge in [-0.1, -0.05) is 12.1 Å². The standard InChI is InChI=1S/C15H22N2O2/c1-11(14-7-8-19-10-14)17-9-12-3-5-13(6-4-12)15(18)16-2/h3-6,11,14,17H,7-10H2,1-2H3,(H,16,18). The summed E-state index contributed by atoms with van der Waals surface area (Å²) < 4.78 is 5.40. The second-order valence-electron chi connectivity index (χ2n) is 5.07. The number of ether oxygens (including phenoxy) is 1. The van der Waals surface area contributed by atoms with E-state index >= 15 is 0 Å². The van der Waals surface area contributed by atoms with Crippen molar-refractivity contribution < 1.29 is 9.53 Å². The summed E-state index contributed by atoms with van der Waals surface area (Å²) in [7, 11) is 1.64. The van der Waals surface area contributed by atoms with Crippen LogP contribution in [0, 0.1) is 5.92 Å². The molecule has 1 aromatic rings. The Hall–Kier alpha value is -1.39. The average Bonchev–Trinajstić information content (AvgIpc) is 2.98. The van der Waals surface area contributed by atoms with Crippen LogP contribution < -0.4 is 10.6 Å². The van der Waals surface area contributed by atoms with E-state index in [9.17, 15) is 4.79 Å². The van der Waals surface area contributed by atoms with E-state index in [0.29, 0.717) is 17.5 Å². The molecular formula is C15H22N2O2. The number of carbonyl (C=O) groups excluding carboxylic acids is 1. The van der Waals surface area contributed by atoms with Crippen molar-refractivity contribution in [2.24, 2.45) is 5.92 Å². The SMILES string of the molecule is CNC(=O)c1ccc(CNC(C)C2CCOC2)cc1. The van der Waals surface area contributed by atoms with Crippen LogP contribution in [0.4, 0.5) is 0 Å². The van der Waals surface area contributed by atoms with Gasteiger partial charge in [-0.3, -0.25) is 4.79 Å². The lowest BCUT2D eigenvalue weighted by molar-refractivity contribution is 0.0963. The number of nitrogens with one attached hydrogen (secondary N) is 2. The van der Waals surface area contributed by atoms with Crippen LogP contribution in [0.5, 0.6) is 0 Å². The summed E-state index contributed by atoms with van der Waals surface area (Å²) >= 11 is 0. The molecule has 4 heteroatoms. The van der Waals surface area contributed by atoms with Crippen molar-refractivity contribution in [3.63, 3.8) is 0 Å². The van der Waals surface area contributed by atoms with Crippen molar-refractivity contribution >= 4 is 5.91 Å². The predicted molar refractivity (Wildman–Crippen MR) is 75.1 cm³/mol. The molecule has 2 N–H and O–H groups in total. The van der Waals surface area contributed by atoms with Gasteiger partial charge in [0.1, 0.15) is 0 Å². The number of hydrogen-bond acceptors (Lipinski definition) is 3. The Bertz CT molecular complexity index is 411. The molecule has 0 radical (unpaired) electrons. The summed E-state index contributed by atoms with van der Waals surface area (Å²) in [4.78, 5) is 11.4. The summed E-state index contributed by atoms with van der Waals surface area (Å²) in [6, 6.07) is 8.17. The topological polar surface area (TPSA) is 50.4 Å². The first-order valence-electron chi connectivity index (χ1n) is 6.83. The average molecular weight is 262 g/mol. The maximum Gasteiger partial charge on any atom is 0.251 e. The minimum absolute atomic E-state index is 0.0454. The maximum atomic E-state index is 11.4. The molecule has 1 saturated heterocycles. The van der Waals surface area contributed by atoms with E-state index in [0.717, 1.165) is 26.2 Å². The summed E-state index contributed by atoms with van der Waals surface area (Å²) in [5, 5.41) is 6.14. The second kappa shape index (κ2) is 6.68. The molecule has 0 aliphatic carbocycles. The molecule has 2 unspecified atom stereocenters. The Morgan fingerprint density at radius 3 is 2.74 bits per heavy atom. The highest BCUT2D eigenvalue weighted by atomic mass is 16.5. The van der Waals surface area contributed by atoms with E-state index < -0.39 is 0 Å². The first-order valence-corrected chi connectivity index (χ1v) is 6.83. The Balaban J connectivity index is 1.84. The van der Waals surface area contributed by atoms with Gasteiger partial charge in [-0.15, -0.1) is 0 Å². The molecule has 1 amide bonds. The third-order valence-electron chi connectivity index (χ3n) is 3.74. The van der Waals surface area contributed by atoms with Crippen LogP contribution in [-0.4, -0.2) is 32.2 Å². The fourth-order valence-electron chi connectivity index (χ4n) is 2.31. The van der Waals surface area contributed by atoms with Gasteiger partial charge in [0, 0.05) is 31.8 Å². The highest BCUT2D eigenvalue weighted by Crippen LogP contribution is 2.16. The van der Waals surface area contributed by atoms with Gasteiger partial charge in [-0.05, 0) is 37.0 Å². The molecule has 19 heavy (non-hydrogen) atoms. The molecule has 2 atom stereocenters. The third-order valence-corrected chi connectivity index (χ3v) is 3.74. The number of hydrogen-bond donors (Lipinski definition) is 2. The van der Waals surface area contributed by atoms with Crippen molar-refractivity contribution in [2.45, 2.75) is 25.9 Å². The minimum atomic E-state index is -0.0454. The van der Waals surface area contributed by atoms with Gasteiger partial charge in [-0.25, -0.2) is 0 Å². The van der Waals surface area contributed by atoms with Gasteiger partial charge in [0.2, 0.25) is 0 Å². The second-order valence-corrected chi connectivity index (χ2v) is 5.07. The van der Waals surface area contributed by atoms with E-state index in [1.165, 1.54) is 5.56 Å². The smallest absolute Gasteiger partial charge is 0.251 e. The normalized spacial score (nSPS) is 20.2. The van der Waals surface area contributed by atoms with Crippen LogP contribution in [0.2, 0.25) is 0 Å². The molecule has 0 spiro atoms. The number of amides is 1. The largest absolute Gasteiger partial charge is 0.381 e. The van der Waals surface area contributed by atoms with Crippen LogP contribution in [-0.2, 0) is 11.3 Å². The maximum absolute atomic E-state index is 11.4. The Kier molecular flexibility index (Phi) is 4.93. The monoisotopic (exact) mass is 262 g/mol. The predicted octanol–water partition coefficient (Wildman–Crippen LogP) is 1.56. The lowest BCUT2D eigenvalue weighted by Crippen LogP contribution is -2.33. The zero-order chi connectivity index (χ0) is 13.7. The molecule has 0 bridgehead atoms.